The van der Waals surface area contributed by atoms with Crippen molar-refractivity contribution in [1.29, 1.82) is 0 Å². The lowest BCUT2D eigenvalue weighted by Crippen LogP contribution is -2.16. The number of rotatable bonds is 3. The Bertz CT molecular complexity index is 823. The summed E-state index contributed by atoms with van der Waals surface area (Å²) in [4.78, 5) is 13.1. The molecule has 0 fully saturated rings. The number of anilines is 1. The monoisotopic (exact) mass is 428 g/mol. The second-order valence-corrected chi connectivity index (χ2v) is 6.99. The first-order valence-electron chi connectivity index (χ1n) is 5.16. The number of H-pyrrole nitrogens is 1. The van der Waals surface area contributed by atoms with Gasteiger partial charge in [0.15, 0.2) is 0 Å². The summed E-state index contributed by atoms with van der Waals surface area (Å²) in [5.41, 5.74) is -0.351. The number of aromatic nitrogens is 1. The van der Waals surface area contributed by atoms with E-state index < -0.39 is 21.4 Å². The molecule has 20 heavy (non-hydrogen) atoms. The Kier molecular flexibility index (Phi) is 4.35. The zero-order chi connectivity index (χ0) is 14.9. The van der Waals surface area contributed by atoms with Crippen LogP contribution in [0.4, 0.5) is 10.1 Å². The van der Waals surface area contributed by atoms with E-state index >= 15 is 0 Å². The first-order chi connectivity index (χ1) is 9.29. The predicted molar refractivity (Wildman–Crippen MR) is 82.0 cm³/mol. The van der Waals surface area contributed by atoms with Crippen LogP contribution in [0.2, 0.25) is 5.02 Å². The highest BCUT2D eigenvalue weighted by atomic mass is 127. The minimum Gasteiger partial charge on any atom is -0.326 e. The summed E-state index contributed by atoms with van der Waals surface area (Å²) in [5, 5.41) is -0.235. The van der Waals surface area contributed by atoms with Crippen LogP contribution in [0.1, 0.15) is 0 Å². The summed E-state index contributed by atoms with van der Waals surface area (Å²) in [6, 6.07) is 4.68. The lowest BCUT2D eigenvalue weighted by molar-refractivity contribution is 0.600. The van der Waals surface area contributed by atoms with Gasteiger partial charge in [-0.2, -0.15) is 0 Å². The summed E-state index contributed by atoms with van der Waals surface area (Å²) in [5.74, 6) is -0.468. The maximum atomic E-state index is 13.0. The minimum atomic E-state index is -3.92. The normalized spacial score (nSPS) is 11.3. The molecule has 9 heteroatoms. The van der Waals surface area contributed by atoms with Crippen LogP contribution in [0.5, 0.6) is 0 Å². The van der Waals surface area contributed by atoms with Gasteiger partial charge < -0.3 is 4.98 Å². The molecular formula is C11H7ClFIN2O3S. The molecule has 0 aliphatic heterocycles. The zero-order valence-electron chi connectivity index (χ0n) is 9.65. The Hall–Kier alpha value is -1.13. The van der Waals surface area contributed by atoms with Crippen molar-refractivity contribution in [2.75, 3.05) is 4.72 Å². The Morgan fingerprint density at radius 1 is 1.30 bits per heavy atom. The number of benzene rings is 1. The molecule has 0 bridgehead atoms. The van der Waals surface area contributed by atoms with Crippen LogP contribution in [-0.2, 0) is 10.0 Å². The number of hydrogen-bond donors (Lipinski definition) is 2. The van der Waals surface area contributed by atoms with Crippen LogP contribution in [0.25, 0.3) is 0 Å². The third-order valence-corrected chi connectivity index (χ3v) is 4.84. The van der Waals surface area contributed by atoms with Gasteiger partial charge in [0.1, 0.15) is 15.7 Å². The maximum Gasteiger partial charge on any atom is 0.266 e. The Balaban J connectivity index is 2.40. The zero-order valence-corrected chi connectivity index (χ0v) is 13.4. The van der Waals surface area contributed by atoms with E-state index in [9.17, 15) is 17.6 Å². The molecule has 0 saturated heterocycles. The fourth-order valence-corrected chi connectivity index (χ4v) is 3.47. The van der Waals surface area contributed by atoms with Crippen LogP contribution in [-0.4, -0.2) is 13.4 Å². The minimum absolute atomic E-state index is 0.192. The van der Waals surface area contributed by atoms with E-state index in [0.29, 0.717) is 3.57 Å². The average molecular weight is 429 g/mol. The van der Waals surface area contributed by atoms with Gasteiger partial charge >= 0.3 is 0 Å². The topological polar surface area (TPSA) is 79.0 Å². The lowest BCUT2D eigenvalue weighted by Gasteiger charge is -2.09. The van der Waals surface area contributed by atoms with E-state index in [4.69, 9.17) is 11.6 Å². The Morgan fingerprint density at radius 3 is 2.60 bits per heavy atom. The maximum absolute atomic E-state index is 13.0. The first-order valence-corrected chi connectivity index (χ1v) is 8.10. The quantitative estimate of drug-likeness (QED) is 0.738. The van der Waals surface area contributed by atoms with Crippen molar-refractivity contribution in [2.45, 2.75) is 4.90 Å². The van der Waals surface area contributed by atoms with Gasteiger partial charge in [-0.3, -0.25) is 9.52 Å². The highest BCUT2D eigenvalue weighted by molar-refractivity contribution is 14.1. The molecule has 106 valence electrons. The molecule has 0 amide bonds. The number of pyridine rings is 1. The molecular weight excluding hydrogens is 422 g/mol. The van der Waals surface area contributed by atoms with E-state index in [2.05, 4.69) is 9.71 Å². The van der Waals surface area contributed by atoms with Crippen molar-refractivity contribution in [2.24, 2.45) is 0 Å². The van der Waals surface area contributed by atoms with Crippen molar-refractivity contribution >= 4 is 49.9 Å². The summed E-state index contributed by atoms with van der Waals surface area (Å²) >= 11 is 7.39. The molecule has 2 N–H and O–H groups in total. The molecule has 0 spiro atoms. The SMILES string of the molecule is O=c1[nH]cc(S(=O)(=O)Nc2ccc(F)cc2I)cc1Cl. The number of aromatic amines is 1. The van der Waals surface area contributed by atoms with Gasteiger partial charge in [0.05, 0.1) is 5.69 Å². The molecule has 2 rings (SSSR count). The molecule has 0 radical (unpaired) electrons. The summed E-state index contributed by atoms with van der Waals surface area (Å²) in [6.07, 6.45) is 1.03. The van der Waals surface area contributed by atoms with Gasteiger partial charge in [0.2, 0.25) is 0 Å². The molecule has 0 unspecified atom stereocenters. The van der Waals surface area contributed by atoms with Gasteiger partial charge in [-0.05, 0) is 46.9 Å². The van der Waals surface area contributed by atoms with E-state index in [1.165, 1.54) is 12.1 Å². The van der Waals surface area contributed by atoms with Crippen LogP contribution in [0.15, 0.2) is 40.2 Å². The fraction of sp³-hybridized carbons (Fsp3) is 0. The van der Waals surface area contributed by atoms with E-state index in [1.807, 2.05) is 0 Å². The number of halogens is 3. The van der Waals surface area contributed by atoms with E-state index in [-0.39, 0.29) is 15.6 Å². The van der Waals surface area contributed by atoms with Crippen LogP contribution >= 0.6 is 34.2 Å². The second-order valence-electron chi connectivity index (χ2n) is 3.74. The summed E-state index contributed by atoms with van der Waals surface area (Å²) in [7, 11) is -3.92. The third kappa shape index (κ3) is 3.30. The predicted octanol–water partition coefficient (Wildman–Crippen LogP) is 2.57. The Morgan fingerprint density at radius 2 is 2.00 bits per heavy atom. The van der Waals surface area contributed by atoms with Gasteiger partial charge in [0.25, 0.3) is 15.6 Å². The highest BCUT2D eigenvalue weighted by Crippen LogP contribution is 2.22. The molecule has 5 nitrogen and oxygen atoms in total. The number of hydrogen-bond acceptors (Lipinski definition) is 3. The van der Waals surface area contributed by atoms with Gasteiger partial charge in [-0.1, -0.05) is 11.6 Å². The summed E-state index contributed by atoms with van der Waals surface area (Å²) < 4.78 is 39.9. The third-order valence-electron chi connectivity index (χ3n) is 2.32. The first kappa shape index (κ1) is 15.3. The summed E-state index contributed by atoms with van der Waals surface area (Å²) in [6.45, 7) is 0. The molecule has 0 atom stereocenters. The van der Waals surface area contributed by atoms with Gasteiger partial charge in [0, 0.05) is 9.77 Å². The van der Waals surface area contributed by atoms with Crippen LogP contribution in [0, 0.1) is 9.39 Å². The van der Waals surface area contributed by atoms with Crippen molar-refractivity contribution in [1.82, 2.24) is 4.98 Å². The van der Waals surface area contributed by atoms with Crippen molar-refractivity contribution in [3.05, 3.63) is 55.2 Å². The molecule has 0 aliphatic carbocycles. The molecule has 1 heterocycles. The van der Waals surface area contributed by atoms with Crippen LogP contribution in [0.3, 0.4) is 0 Å². The van der Waals surface area contributed by atoms with Crippen molar-refractivity contribution < 1.29 is 12.8 Å². The molecule has 0 saturated carbocycles. The fourth-order valence-electron chi connectivity index (χ4n) is 1.37. The lowest BCUT2D eigenvalue weighted by atomic mass is 10.3. The van der Waals surface area contributed by atoms with Gasteiger partial charge in [-0.25, -0.2) is 12.8 Å². The largest absolute Gasteiger partial charge is 0.326 e. The standard InChI is InChI=1S/C11H7ClFIN2O3S/c12-8-4-7(5-15-11(8)17)20(18,19)16-10-2-1-6(13)3-9(10)14/h1-5,16H,(H,15,17). The van der Waals surface area contributed by atoms with Crippen molar-refractivity contribution in [3.63, 3.8) is 0 Å². The molecule has 1 aromatic carbocycles. The van der Waals surface area contributed by atoms with Gasteiger partial charge in [-0.15, -0.1) is 0 Å². The van der Waals surface area contributed by atoms with E-state index in [1.54, 1.807) is 22.6 Å². The molecule has 1 aromatic heterocycles. The Labute approximate surface area is 132 Å². The number of nitrogens with one attached hydrogen (secondary N) is 2. The number of sulfonamides is 1. The molecule has 2 aromatic rings. The van der Waals surface area contributed by atoms with Crippen LogP contribution < -0.4 is 10.3 Å². The molecule has 0 aliphatic rings. The highest BCUT2D eigenvalue weighted by Gasteiger charge is 2.17. The smallest absolute Gasteiger partial charge is 0.266 e. The average Bonchev–Trinajstić information content (AvgIpc) is 2.36. The van der Waals surface area contributed by atoms with Crippen molar-refractivity contribution in [3.8, 4) is 0 Å². The second kappa shape index (κ2) is 5.70. The van der Waals surface area contributed by atoms with E-state index in [0.717, 1.165) is 18.3 Å².